The first-order valence-corrected chi connectivity index (χ1v) is 7.48. The highest BCUT2D eigenvalue weighted by molar-refractivity contribution is 9.10. The molecule has 1 aromatic carbocycles. The van der Waals surface area contributed by atoms with Crippen molar-refractivity contribution in [2.75, 3.05) is 19.8 Å². The van der Waals surface area contributed by atoms with Crippen molar-refractivity contribution in [2.45, 2.75) is 26.7 Å². The molecule has 1 rings (SSSR count). The van der Waals surface area contributed by atoms with Crippen LogP contribution in [0, 0.1) is 5.41 Å². The number of nitrogens with one attached hydrogen (secondary N) is 1. The van der Waals surface area contributed by atoms with Gasteiger partial charge in [0.15, 0.2) is 0 Å². The second kappa shape index (κ2) is 8.27. The molecule has 20 heavy (non-hydrogen) atoms. The van der Waals surface area contributed by atoms with E-state index in [1.807, 2.05) is 38.1 Å². The monoisotopic (exact) mass is 343 g/mol. The Morgan fingerprint density at radius 1 is 1.35 bits per heavy atom. The number of halogens is 1. The van der Waals surface area contributed by atoms with Crippen LogP contribution in [0.3, 0.4) is 0 Å². The molecule has 1 amide bonds. The van der Waals surface area contributed by atoms with Gasteiger partial charge in [-0.25, -0.2) is 0 Å². The van der Waals surface area contributed by atoms with Crippen LogP contribution < -0.4 is 10.1 Å². The van der Waals surface area contributed by atoms with Crippen molar-refractivity contribution >= 4 is 21.8 Å². The van der Waals surface area contributed by atoms with Gasteiger partial charge < -0.3 is 15.2 Å². The lowest BCUT2D eigenvalue weighted by atomic mass is 9.95. The van der Waals surface area contributed by atoms with E-state index >= 15 is 0 Å². The SMILES string of the molecule is CC(C)(CO)CNC(=O)CCCOc1ccc(Br)cc1. The van der Waals surface area contributed by atoms with Crippen LogP contribution in [-0.4, -0.2) is 30.8 Å². The Labute approximate surface area is 128 Å². The molecule has 0 heterocycles. The molecule has 1 aromatic rings. The van der Waals surface area contributed by atoms with E-state index in [1.165, 1.54) is 0 Å². The van der Waals surface area contributed by atoms with E-state index in [-0.39, 0.29) is 17.9 Å². The highest BCUT2D eigenvalue weighted by Gasteiger charge is 2.17. The molecular weight excluding hydrogens is 322 g/mol. The molecule has 0 spiro atoms. The van der Waals surface area contributed by atoms with E-state index in [4.69, 9.17) is 9.84 Å². The fourth-order valence-corrected chi connectivity index (χ4v) is 1.70. The van der Waals surface area contributed by atoms with Gasteiger partial charge in [-0.15, -0.1) is 0 Å². The molecule has 0 aliphatic carbocycles. The van der Waals surface area contributed by atoms with Gasteiger partial charge in [-0.3, -0.25) is 4.79 Å². The average molecular weight is 344 g/mol. The first-order valence-electron chi connectivity index (χ1n) is 6.69. The van der Waals surface area contributed by atoms with Gasteiger partial charge in [-0.2, -0.15) is 0 Å². The number of amides is 1. The van der Waals surface area contributed by atoms with E-state index in [2.05, 4.69) is 21.2 Å². The second-order valence-electron chi connectivity index (χ2n) is 5.50. The summed E-state index contributed by atoms with van der Waals surface area (Å²) in [5.41, 5.74) is -0.274. The van der Waals surface area contributed by atoms with Gasteiger partial charge >= 0.3 is 0 Å². The standard InChI is InChI=1S/C15H22BrNO3/c1-15(2,11-18)10-17-14(19)4-3-9-20-13-7-5-12(16)6-8-13/h5-8,18H,3-4,9-11H2,1-2H3,(H,17,19). The topological polar surface area (TPSA) is 58.6 Å². The number of aliphatic hydroxyl groups excluding tert-OH is 1. The lowest BCUT2D eigenvalue weighted by molar-refractivity contribution is -0.121. The maximum atomic E-state index is 11.6. The molecular formula is C15H22BrNO3. The second-order valence-corrected chi connectivity index (χ2v) is 6.42. The van der Waals surface area contributed by atoms with Crippen LogP contribution in [0.1, 0.15) is 26.7 Å². The Hall–Kier alpha value is -1.07. The molecule has 0 aliphatic rings. The molecule has 0 aliphatic heterocycles. The zero-order valence-corrected chi connectivity index (χ0v) is 13.6. The van der Waals surface area contributed by atoms with Crippen molar-refractivity contribution < 1.29 is 14.6 Å². The Balaban J connectivity index is 2.14. The summed E-state index contributed by atoms with van der Waals surface area (Å²) >= 11 is 3.36. The predicted octanol–water partition coefficient (Wildman–Crippen LogP) is 2.74. The molecule has 0 saturated carbocycles. The van der Waals surface area contributed by atoms with E-state index in [0.717, 1.165) is 10.2 Å². The van der Waals surface area contributed by atoms with Gasteiger partial charge in [0, 0.05) is 29.5 Å². The summed E-state index contributed by atoms with van der Waals surface area (Å²) in [6, 6.07) is 7.60. The molecule has 5 heteroatoms. The van der Waals surface area contributed by atoms with Gasteiger partial charge in [0.25, 0.3) is 0 Å². The number of carbonyl (C=O) groups excluding carboxylic acids is 1. The van der Waals surface area contributed by atoms with Gasteiger partial charge in [0.05, 0.1) is 6.61 Å². The lowest BCUT2D eigenvalue weighted by Crippen LogP contribution is -2.36. The molecule has 4 nitrogen and oxygen atoms in total. The molecule has 112 valence electrons. The van der Waals surface area contributed by atoms with Crippen molar-refractivity contribution in [2.24, 2.45) is 5.41 Å². The van der Waals surface area contributed by atoms with Crippen LogP contribution in [0.2, 0.25) is 0 Å². The molecule has 0 fully saturated rings. The minimum atomic E-state index is -0.274. The van der Waals surface area contributed by atoms with Gasteiger partial charge in [0.2, 0.25) is 5.91 Å². The zero-order valence-electron chi connectivity index (χ0n) is 12.0. The summed E-state index contributed by atoms with van der Waals surface area (Å²) in [5.74, 6) is 0.793. The number of carbonyl (C=O) groups is 1. The lowest BCUT2D eigenvalue weighted by Gasteiger charge is -2.21. The summed E-state index contributed by atoms with van der Waals surface area (Å²) in [5, 5.41) is 11.9. The number of benzene rings is 1. The first kappa shape index (κ1) is 17.0. The van der Waals surface area contributed by atoms with Crippen LogP contribution in [0.4, 0.5) is 0 Å². The van der Waals surface area contributed by atoms with Crippen LogP contribution >= 0.6 is 15.9 Å². The first-order chi connectivity index (χ1) is 9.43. The third kappa shape index (κ3) is 6.91. The van der Waals surface area contributed by atoms with Gasteiger partial charge in [0.1, 0.15) is 5.75 Å². The highest BCUT2D eigenvalue weighted by Crippen LogP contribution is 2.16. The van der Waals surface area contributed by atoms with Crippen LogP contribution in [0.5, 0.6) is 5.75 Å². The predicted molar refractivity (Wildman–Crippen MR) is 82.7 cm³/mol. The van der Waals surface area contributed by atoms with Crippen molar-refractivity contribution in [3.8, 4) is 5.75 Å². The average Bonchev–Trinajstić information content (AvgIpc) is 2.43. The maximum Gasteiger partial charge on any atom is 0.220 e. The third-order valence-electron chi connectivity index (χ3n) is 2.82. The molecule has 2 N–H and O–H groups in total. The fourth-order valence-electron chi connectivity index (χ4n) is 1.44. The minimum absolute atomic E-state index is 0.00840. The Morgan fingerprint density at radius 3 is 2.60 bits per heavy atom. The molecule has 0 saturated heterocycles. The summed E-state index contributed by atoms with van der Waals surface area (Å²) in [4.78, 5) is 11.6. The molecule has 0 bridgehead atoms. The van der Waals surface area contributed by atoms with Crippen LogP contribution in [0.15, 0.2) is 28.7 Å². The third-order valence-corrected chi connectivity index (χ3v) is 3.35. The number of aliphatic hydroxyl groups is 1. The zero-order chi connectivity index (χ0) is 15.0. The highest BCUT2D eigenvalue weighted by atomic mass is 79.9. The van der Waals surface area contributed by atoms with E-state index < -0.39 is 0 Å². The number of rotatable bonds is 8. The minimum Gasteiger partial charge on any atom is -0.494 e. The van der Waals surface area contributed by atoms with Crippen LogP contribution in [0.25, 0.3) is 0 Å². The smallest absolute Gasteiger partial charge is 0.220 e. The van der Waals surface area contributed by atoms with Crippen molar-refractivity contribution in [3.63, 3.8) is 0 Å². The normalized spacial score (nSPS) is 11.2. The Morgan fingerprint density at radius 2 is 2.00 bits per heavy atom. The van der Waals surface area contributed by atoms with E-state index in [1.54, 1.807) is 0 Å². The molecule has 0 radical (unpaired) electrons. The molecule has 0 aromatic heterocycles. The van der Waals surface area contributed by atoms with Crippen molar-refractivity contribution in [1.29, 1.82) is 0 Å². The number of hydrogen-bond donors (Lipinski definition) is 2. The van der Waals surface area contributed by atoms with Gasteiger partial charge in [-0.05, 0) is 30.7 Å². The summed E-state index contributed by atoms with van der Waals surface area (Å²) in [7, 11) is 0. The molecule has 0 atom stereocenters. The molecule has 0 unspecified atom stereocenters. The van der Waals surface area contributed by atoms with Crippen molar-refractivity contribution in [3.05, 3.63) is 28.7 Å². The maximum absolute atomic E-state index is 11.6. The van der Waals surface area contributed by atoms with Gasteiger partial charge in [-0.1, -0.05) is 29.8 Å². The quantitative estimate of drug-likeness (QED) is 0.713. The Bertz CT molecular complexity index is 418. The summed E-state index contributed by atoms with van der Waals surface area (Å²) in [6.45, 7) is 4.86. The van der Waals surface area contributed by atoms with Crippen molar-refractivity contribution in [1.82, 2.24) is 5.32 Å². The largest absolute Gasteiger partial charge is 0.494 e. The summed E-state index contributed by atoms with van der Waals surface area (Å²) < 4.78 is 6.55. The number of hydrogen-bond acceptors (Lipinski definition) is 3. The van der Waals surface area contributed by atoms with E-state index in [0.29, 0.717) is 26.0 Å². The van der Waals surface area contributed by atoms with Crippen LogP contribution in [-0.2, 0) is 4.79 Å². The van der Waals surface area contributed by atoms with E-state index in [9.17, 15) is 4.79 Å². The summed E-state index contributed by atoms with van der Waals surface area (Å²) in [6.07, 6.45) is 1.10. The number of ether oxygens (including phenoxy) is 1. The Kier molecular flexibility index (Phi) is 7.02. The fraction of sp³-hybridized carbons (Fsp3) is 0.533.